The second kappa shape index (κ2) is 6.80. The van der Waals surface area contributed by atoms with Gasteiger partial charge in [-0.2, -0.15) is 0 Å². The predicted molar refractivity (Wildman–Crippen MR) is 115 cm³/mol. The number of amides is 2. The van der Waals surface area contributed by atoms with Gasteiger partial charge in [0.1, 0.15) is 11.5 Å². The molecule has 1 spiro atoms. The summed E-state index contributed by atoms with van der Waals surface area (Å²) in [6, 6.07) is 12.2. The molecule has 2 aromatic heterocycles. The molecule has 30 heavy (non-hydrogen) atoms. The molecular formula is C23H26FN5O. The topological polar surface area (TPSA) is 64.3 Å². The standard InChI is InChI=1S/C23H26FN5O/c1-28(2)23(16-6-4-3-5-7-16)10-8-22(9-11-23)15-29(21(30)27-22)17-12-18-19(24)14-26-20(18)25-13-17/h3-7,12-14H,8-11,15H2,1-2H3,(H,25,26)(H,27,30)/t22-,23+. The molecule has 1 saturated carbocycles. The molecule has 1 aliphatic carbocycles. The van der Waals surface area contributed by atoms with E-state index in [-0.39, 0.29) is 22.9 Å². The maximum atomic E-state index is 14.0. The Labute approximate surface area is 175 Å². The summed E-state index contributed by atoms with van der Waals surface area (Å²) in [6.45, 7) is 0.573. The Hall–Kier alpha value is -2.93. The van der Waals surface area contributed by atoms with Crippen LogP contribution in [0.2, 0.25) is 0 Å². The van der Waals surface area contributed by atoms with Crippen molar-refractivity contribution in [3.8, 4) is 0 Å². The van der Waals surface area contributed by atoms with Crippen molar-refractivity contribution in [3.63, 3.8) is 0 Å². The number of rotatable bonds is 3. The van der Waals surface area contributed by atoms with Crippen molar-refractivity contribution in [3.05, 3.63) is 60.2 Å². The van der Waals surface area contributed by atoms with Crippen LogP contribution >= 0.6 is 0 Å². The van der Waals surface area contributed by atoms with Gasteiger partial charge < -0.3 is 10.3 Å². The number of fused-ring (bicyclic) bond motifs is 1. The number of anilines is 1. The van der Waals surface area contributed by atoms with Gasteiger partial charge in [0, 0.05) is 11.7 Å². The second-order valence-corrected chi connectivity index (χ2v) is 8.81. The molecule has 0 bridgehead atoms. The number of hydrogen-bond donors (Lipinski definition) is 2. The second-order valence-electron chi connectivity index (χ2n) is 8.81. The molecule has 2 aliphatic rings. The highest BCUT2D eigenvalue weighted by Crippen LogP contribution is 2.46. The molecule has 0 radical (unpaired) electrons. The highest BCUT2D eigenvalue weighted by atomic mass is 19.1. The monoisotopic (exact) mass is 407 g/mol. The van der Waals surface area contributed by atoms with Crippen LogP contribution in [0.4, 0.5) is 14.9 Å². The summed E-state index contributed by atoms with van der Waals surface area (Å²) in [5, 5.41) is 3.64. The van der Waals surface area contributed by atoms with Crippen molar-refractivity contribution in [1.29, 1.82) is 0 Å². The molecular weight excluding hydrogens is 381 g/mol. The molecule has 5 rings (SSSR count). The summed E-state index contributed by atoms with van der Waals surface area (Å²) in [6.07, 6.45) is 6.61. The average molecular weight is 407 g/mol. The number of halogens is 1. The molecule has 1 saturated heterocycles. The lowest BCUT2D eigenvalue weighted by molar-refractivity contribution is 0.0658. The van der Waals surface area contributed by atoms with E-state index in [2.05, 4.69) is 58.5 Å². The third kappa shape index (κ3) is 2.88. The first-order valence-corrected chi connectivity index (χ1v) is 10.4. The van der Waals surface area contributed by atoms with E-state index in [9.17, 15) is 9.18 Å². The number of aromatic nitrogens is 2. The van der Waals surface area contributed by atoms with E-state index in [1.54, 1.807) is 17.2 Å². The molecule has 2 fully saturated rings. The number of carbonyl (C=O) groups excluding carboxylic acids is 1. The summed E-state index contributed by atoms with van der Waals surface area (Å²) >= 11 is 0. The molecule has 1 aliphatic heterocycles. The first kappa shape index (κ1) is 19.1. The Bertz CT molecular complexity index is 1090. The van der Waals surface area contributed by atoms with Crippen LogP contribution in [-0.2, 0) is 5.54 Å². The lowest BCUT2D eigenvalue weighted by Crippen LogP contribution is -2.54. The van der Waals surface area contributed by atoms with Crippen LogP contribution in [0.1, 0.15) is 31.2 Å². The Morgan fingerprint density at radius 2 is 1.87 bits per heavy atom. The van der Waals surface area contributed by atoms with E-state index in [4.69, 9.17) is 0 Å². The first-order chi connectivity index (χ1) is 14.4. The van der Waals surface area contributed by atoms with Crippen LogP contribution in [0.15, 0.2) is 48.8 Å². The highest BCUT2D eigenvalue weighted by Gasteiger charge is 2.50. The quantitative estimate of drug-likeness (QED) is 0.690. The number of H-pyrrole nitrogens is 1. The summed E-state index contributed by atoms with van der Waals surface area (Å²) < 4.78 is 14.0. The van der Waals surface area contributed by atoms with Gasteiger partial charge >= 0.3 is 6.03 Å². The van der Waals surface area contributed by atoms with Crippen LogP contribution < -0.4 is 10.2 Å². The SMILES string of the molecule is CN(C)[C@]1(c2ccccc2)CC[C@]2(CC1)CN(c1cnc3[nH]cc(F)c3c1)C(=O)N2. The molecule has 0 atom stereocenters. The van der Waals surface area contributed by atoms with Crippen LogP contribution in [-0.4, -0.2) is 47.1 Å². The maximum Gasteiger partial charge on any atom is 0.322 e. The maximum absolute atomic E-state index is 14.0. The number of nitrogens with zero attached hydrogens (tertiary/aromatic N) is 3. The predicted octanol–water partition coefficient (Wildman–Crippen LogP) is 4.00. The van der Waals surface area contributed by atoms with Crippen molar-refractivity contribution in [2.24, 2.45) is 0 Å². The van der Waals surface area contributed by atoms with E-state index in [0.29, 0.717) is 23.3 Å². The van der Waals surface area contributed by atoms with Crippen LogP contribution in [0.3, 0.4) is 0 Å². The number of pyridine rings is 1. The fourth-order valence-corrected chi connectivity index (χ4v) is 5.19. The van der Waals surface area contributed by atoms with Gasteiger partial charge in [-0.05, 0) is 51.4 Å². The van der Waals surface area contributed by atoms with E-state index in [1.807, 2.05) is 6.07 Å². The van der Waals surface area contributed by atoms with E-state index in [0.717, 1.165) is 25.7 Å². The Morgan fingerprint density at radius 3 is 2.57 bits per heavy atom. The number of carbonyl (C=O) groups is 1. The summed E-state index contributed by atoms with van der Waals surface area (Å²) in [4.78, 5) is 23.9. The van der Waals surface area contributed by atoms with Crippen LogP contribution in [0.25, 0.3) is 11.0 Å². The van der Waals surface area contributed by atoms with Crippen molar-refractivity contribution < 1.29 is 9.18 Å². The minimum absolute atomic E-state index is 0.0284. The zero-order valence-corrected chi connectivity index (χ0v) is 17.3. The van der Waals surface area contributed by atoms with Gasteiger partial charge in [-0.15, -0.1) is 0 Å². The van der Waals surface area contributed by atoms with Gasteiger partial charge in [0.05, 0.1) is 29.4 Å². The van der Waals surface area contributed by atoms with Gasteiger partial charge in [-0.1, -0.05) is 30.3 Å². The number of urea groups is 1. The molecule has 1 aromatic carbocycles. The van der Waals surface area contributed by atoms with Crippen molar-refractivity contribution in [1.82, 2.24) is 20.2 Å². The number of benzene rings is 1. The minimum Gasteiger partial charge on any atom is -0.343 e. The third-order valence-corrected chi connectivity index (χ3v) is 7.06. The molecule has 6 nitrogen and oxygen atoms in total. The lowest BCUT2D eigenvalue weighted by atomic mass is 9.69. The Kier molecular flexibility index (Phi) is 4.32. The van der Waals surface area contributed by atoms with Crippen molar-refractivity contribution in [2.75, 3.05) is 25.5 Å². The summed E-state index contributed by atoms with van der Waals surface area (Å²) in [7, 11) is 4.27. The van der Waals surface area contributed by atoms with E-state index < -0.39 is 0 Å². The molecule has 3 aromatic rings. The van der Waals surface area contributed by atoms with Gasteiger partial charge in [0.2, 0.25) is 0 Å². The largest absolute Gasteiger partial charge is 0.343 e. The first-order valence-electron chi connectivity index (χ1n) is 10.4. The zero-order chi connectivity index (χ0) is 20.9. The smallest absolute Gasteiger partial charge is 0.322 e. The molecule has 156 valence electrons. The number of aromatic amines is 1. The zero-order valence-electron chi connectivity index (χ0n) is 17.3. The fourth-order valence-electron chi connectivity index (χ4n) is 5.19. The number of nitrogens with one attached hydrogen (secondary N) is 2. The average Bonchev–Trinajstić information content (AvgIpc) is 3.29. The van der Waals surface area contributed by atoms with E-state index in [1.165, 1.54) is 11.8 Å². The van der Waals surface area contributed by atoms with Gasteiger partial charge in [0.25, 0.3) is 0 Å². The Balaban J connectivity index is 1.39. The third-order valence-electron chi connectivity index (χ3n) is 7.06. The van der Waals surface area contributed by atoms with Crippen LogP contribution in [0.5, 0.6) is 0 Å². The number of hydrogen-bond acceptors (Lipinski definition) is 3. The van der Waals surface area contributed by atoms with Gasteiger partial charge in [-0.25, -0.2) is 14.2 Å². The normalized spacial score (nSPS) is 26.7. The molecule has 3 heterocycles. The molecule has 2 amide bonds. The fraction of sp³-hybridized carbons (Fsp3) is 0.391. The lowest BCUT2D eigenvalue weighted by Gasteiger charge is -2.48. The minimum atomic E-state index is -0.357. The van der Waals surface area contributed by atoms with Gasteiger partial charge in [0.15, 0.2) is 0 Å². The van der Waals surface area contributed by atoms with Crippen LogP contribution in [0, 0.1) is 5.82 Å². The highest BCUT2D eigenvalue weighted by molar-refractivity contribution is 5.96. The van der Waals surface area contributed by atoms with Crippen molar-refractivity contribution in [2.45, 2.75) is 36.8 Å². The summed E-state index contributed by atoms with van der Waals surface area (Å²) in [5.41, 5.74) is 2.14. The van der Waals surface area contributed by atoms with Gasteiger partial charge in [-0.3, -0.25) is 9.80 Å². The molecule has 2 N–H and O–H groups in total. The molecule has 0 unspecified atom stereocenters. The Morgan fingerprint density at radius 1 is 1.13 bits per heavy atom. The molecule has 7 heteroatoms. The van der Waals surface area contributed by atoms with Crippen molar-refractivity contribution >= 4 is 22.8 Å². The van der Waals surface area contributed by atoms with E-state index >= 15 is 0 Å². The summed E-state index contributed by atoms with van der Waals surface area (Å²) in [5.74, 6) is -0.357.